The van der Waals surface area contributed by atoms with Crippen molar-refractivity contribution in [3.8, 4) is 0 Å². The third-order valence-corrected chi connectivity index (χ3v) is 4.80. The highest BCUT2D eigenvalue weighted by Crippen LogP contribution is 2.31. The summed E-state index contributed by atoms with van der Waals surface area (Å²) < 4.78 is 12.7. The Morgan fingerprint density at radius 3 is 2.84 bits per heavy atom. The van der Waals surface area contributed by atoms with Crippen LogP contribution in [0.25, 0.3) is 0 Å². The minimum absolute atomic E-state index is 0.0498. The van der Waals surface area contributed by atoms with Crippen molar-refractivity contribution >= 4 is 11.8 Å². The predicted octanol–water partition coefficient (Wildman–Crippen LogP) is -1.20. The van der Waals surface area contributed by atoms with Gasteiger partial charge in [0.1, 0.15) is 17.3 Å². The van der Waals surface area contributed by atoms with Crippen molar-refractivity contribution in [2.75, 3.05) is 54.1 Å². The summed E-state index contributed by atoms with van der Waals surface area (Å²) in [6.45, 7) is 3.15. The van der Waals surface area contributed by atoms with Gasteiger partial charge in [0.2, 0.25) is 5.91 Å². The number of methoxy groups -OCH3 is 1. The van der Waals surface area contributed by atoms with Crippen molar-refractivity contribution in [1.82, 2.24) is 24.9 Å². The van der Waals surface area contributed by atoms with E-state index in [-0.39, 0.29) is 23.5 Å². The second-order valence-electron chi connectivity index (χ2n) is 6.66. The maximum absolute atomic E-state index is 12.5. The Bertz CT molecular complexity index is 640. The quantitative estimate of drug-likeness (QED) is 0.717. The average molecular weight is 351 g/mol. The molecule has 2 saturated heterocycles. The summed E-state index contributed by atoms with van der Waals surface area (Å²) in [5.41, 5.74) is 0.0476. The van der Waals surface area contributed by atoms with E-state index >= 15 is 0 Å². The number of hydrogen-bond donors (Lipinski definition) is 1. The molecule has 2 aliphatic rings. The Morgan fingerprint density at radius 2 is 2.20 bits per heavy atom. The van der Waals surface area contributed by atoms with Crippen molar-refractivity contribution in [2.24, 2.45) is 0 Å². The normalized spacial score (nSPS) is 22.7. The zero-order chi connectivity index (χ0) is 18.0. The first kappa shape index (κ1) is 17.8. The summed E-state index contributed by atoms with van der Waals surface area (Å²) in [4.78, 5) is 28.1. The second kappa shape index (κ2) is 7.11. The molecule has 25 heavy (non-hydrogen) atoms. The lowest BCUT2D eigenvalue weighted by molar-refractivity contribution is -0.187. The third kappa shape index (κ3) is 3.53. The van der Waals surface area contributed by atoms with Crippen molar-refractivity contribution in [1.29, 1.82) is 0 Å². The largest absolute Gasteiger partial charge is 0.383 e. The molecule has 9 nitrogen and oxygen atoms in total. The number of likely N-dealkylation sites (N-methyl/N-ethyl adjacent to an activating group) is 2. The Labute approximate surface area is 146 Å². The zero-order valence-corrected chi connectivity index (χ0v) is 14.9. The second-order valence-corrected chi connectivity index (χ2v) is 6.66. The molecule has 0 saturated carbocycles. The third-order valence-electron chi connectivity index (χ3n) is 4.80. The number of morpholine rings is 1. The Hall–Kier alpha value is -1.97. The molecule has 2 fully saturated rings. The van der Waals surface area contributed by atoms with Crippen molar-refractivity contribution in [3.05, 3.63) is 18.0 Å². The molecular formula is C16H25N5O4. The number of rotatable bonds is 5. The first-order chi connectivity index (χ1) is 12.0. The van der Waals surface area contributed by atoms with Gasteiger partial charge in [0.25, 0.3) is 5.91 Å². The first-order valence-electron chi connectivity index (χ1n) is 8.35. The topological polar surface area (TPSA) is 88.9 Å². The van der Waals surface area contributed by atoms with Crippen LogP contribution in [-0.4, -0.2) is 97.1 Å². The summed E-state index contributed by atoms with van der Waals surface area (Å²) in [7, 11) is 5.16. The van der Waals surface area contributed by atoms with E-state index in [0.29, 0.717) is 45.1 Å². The average Bonchev–Trinajstić information content (AvgIpc) is 3.05. The van der Waals surface area contributed by atoms with E-state index in [0.717, 1.165) is 0 Å². The summed E-state index contributed by atoms with van der Waals surface area (Å²) in [5, 5.41) is 6.94. The van der Waals surface area contributed by atoms with Crippen LogP contribution in [0.2, 0.25) is 0 Å². The fourth-order valence-corrected chi connectivity index (χ4v) is 3.37. The fraction of sp³-hybridized carbons (Fsp3) is 0.688. The van der Waals surface area contributed by atoms with Crippen LogP contribution in [0.15, 0.2) is 12.3 Å². The van der Waals surface area contributed by atoms with Gasteiger partial charge < -0.3 is 19.7 Å². The molecule has 0 radical (unpaired) electrons. The number of nitrogens with zero attached hydrogens (tertiary/aromatic N) is 4. The van der Waals surface area contributed by atoms with E-state index in [2.05, 4.69) is 10.4 Å². The van der Waals surface area contributed by atoms with E-state index < -0.39 is 0 Å². The zero-order valence-electron chi connectivity index (χ0n) is 14.9. The van der Waals surface area contributed by atoms with Crippen LogP contribution in [0.3, 0.4) is 0 Å². The summed E-state index contributed by atoms with van der Waals surface area (Å²) >= 11 is 0. The molecule has 0 aliphatic carbocycles. The van der Waals surface area contributed by atoms with Crippen LogP contribution < -0.4 is 5.32 Å². The van der Waals surface area contributed by atoms with Crippen molar-refractivity contribution in [2.45, 2.75) is 18.2 Å². The molecule has 1 aromatic heterocycles. The van der Waals surface area contributed by atoms with Gasteiger partial charge in [0.15, 0.2) is 0 Å². The van der Waals surface area contributed by atoms with Gasteiger partial charge in [-0.15, -0.1) is 0 Å². The molecule has 9 heteroatoms. The van der Waals surface area contributed by atoms with Crippen molar-refractivity contribution < 1.29 is 19.1 Å². The SMILES string of the molecule is CNC(=O)C1COC2(CN(C(=O)c3ccn(CCOC)n3)C2)CN1C. The minimum Gasteiger partial charge on any atom is -0.383 e. The molecule has 138 valence electrons. The molecule has 0 bridgehead atoms. The number of carbonyl (C=O) groups is 2. The van der Waals surface area contributed by atoms with Gasteiger partial charge in [0, 0.05) is 26.9 Å². The molecular weight excluding hydrogens is 326 g/mol. The molecule has 2 amide bonds. The molecule has 3 heterocycles. The number of aromatic nitrogens is 2. The maximum atomic E-state index is 12.5. The predicted molar refractivity (Wildman–Crippen MR) is 89.2 cm³/mol. The van der Waals surface area contributed by atoms with Crippen LogP contribution in [-0.2, 0) is 20.8 Å². The number of likely N-dealkylation sites (tertiary alicyclic amines) is 1. The molecule has 3 rings (SSSR count). The van der Waals surface area contributed by atoms with Crippen LogP contribution in [0.1, 0.15) is 10.5 Å². The molecule has 1 atom stereocenters. The number of hydrogen-bond acceptors (Lipinski definition) is 6. The van der Waals surface area contributed by atoms with Gasteiger partial charge in [0.05, 0.1) is 32.8 Å². The molecule has 2 aliphatic heterocycles. The highest BCUT2D eigenvalue weighted by molar-refractivity contribution is 5.93. The number of carbonyl (C=O) groups excluding carboxylic acids is 2. The Balaban J connectivity index is 1.54. The molecule has 1 aromatic rings. The van der Waals surface area contributed by atoms with Gasteiger partial charge in [-0.2, -0.15) is 5.10 Å². The molecule has 1 N–H and O–H groups in total. The lowest BCUT2D eigenvalue weighted by atomic mass is 9.90. The van der Waals surface area contributed by atoms with E-state index in [9.17, 15) is 9.59 Å². The number of ether oxygens (including phenoxy) is 2. The first-order valence-corrected chi connectivity index (χ1v) is 8.35. The van der Waals surface area contributed by atoms with E-state index in [4.69, 9.17) is 9.47 Å². The summed E-state index contributed by atoms with van der Waals surface area (Å²) in [6, 6.07) is 1.44. The van der Waals surface area contributed by atoms with Gasteiger partial charge >= 0.3 is 0 Å². The van der Waals surface area contributed by atoms with Crippen LogP contribution in [0.5, 0.6) is 0 Å². The van der Waals surface area contributed by atoms with Crippen LogP contribution >= 0.6 is 0 Å². The molecule has 0 aromatic carbocycles. The number of amides is 2. The summed E-state index contributed by atoms with van der Waals surface area (Å²) in [6.07, 6.45) is 1.78. The van der Waals surface area contributed by atoms with Gasteiger partial charge in [-0.25, -0.2) is 0 Å². The molecule has 1 spiro atoms. The van der Waals surface area contributed by atoms with Gasteiger partial charge in [-0.3, -0.25) is 19.2 Å². The monoisotopic (exact) mass is 351 g/mol. The standard InChI is InChI=1S/C16H25N5O4/c1-17-14(22)13-8-25-16(9-19(13)2)10-20(11-16)15(23)12-4-5-21(18-12)6-7-24-3/h4-5,13H,6-11H2,1-3H3,(H,17,22). The Kier molecular flexibility index (Phi) is 5.07. The highest BCUT2D eigenvalue weighted by Gasteiger charge is 2.51. The number of nitrogens with one attached hydrogen (secondary N) is 1. The van der Waals surface area contributed by atoms with E-state index in [1.165, 1.54) is 0 Å². The minimum atomic E-state index is -0.381. The van der Waals surface area contributed by atoms with E-state index in [1.807, 2.05) is 11.9 Å². The summed E-state index contributed by atoms with van der Waals surface area (Å²) in [5.74, 6) is -0.146. The maximum Gasteiger partial charge on any atom is 0.274 e. The fourth-order valence-electron chi connectivity index (χ4n) is 3.37. The van der Waals surface area contributed by atoms with Gasteiger partial charge in [-0.05, 0) is 13.1 Å². The molecule has 1 unspecified atom stereocenters. The smallest absolute Gasteiger partial charge is 0.274 e. The Morgan fingerprint density at radius 1 is 1.44 bits per heavy atom. The lowest BCUT2D eigenvalue weighted by Gasteiger charge is -2.54. The van der Waals surface area contributed by atoms with Crippen LogP contribution in [0, 0.1) is 0 Å². The van der Waals surface area contributed by atoms with Crippen molar-refractivity contribution in [3.63, 3.8) is 0 Å². The lowest BCUT2D eigenvalue weighted by Crippen LogP contribution is -2.73. The highest BCUT2D eigenvalue weighted by atomic mass is 16.5. The van der Waals surface area contributed by atoms with E-state index in [1.54, 1.807) is 36.0 Å². The van der Waals surface area contributed by atoms with Gasteiger partial charge in [-0.1, -0.05) is 0 Å². The van der Waals surface area contributed by atoms with Crippen LogP contribution in [0.4, 0.5) is 0 Å².